The van der Waals surface area contributed by atoms with Gasteiger partial charge in [-0.3, -0.25) is 4.79 Å². The highest BCUT2D eigenvalue weighted by Crippen LogP contribution is 2.55. The number of carbonyl (C=O) groups excluding carboxylic acids is 1. The molecule has 5 heteroatoms. The zero-order valence-electron chi connectivity index (χ0n) is 11.6. The molecule has 0 saturated carbocycles. The standard InChI is InChI=1S/C15H17NO4/c1-3-4-13(17)14(2)11(12-9-16-10-18-12)5-6-15(14)19-7-8-20-15/h3-5,9-10H,6-8H2,1-2H3/t14-/m1/s1. The summed E-state index contributed by atoms with van der Waals surface area (Å²) in [5.74, 6) is -0.394. The summed E-state index contributed by atoms with van der Waals surface area (Å²) in [6.45, 7) is 4.66. The molecule has 2 heterocycles. The molecular weight excluding hydrogens is 258 g/mol. The summed E-state index contributed by atoms with van der Waals surface area (Å²) in [6, 6.07) is 0. The number of allylic oxidation sites excluding steroid dienone is 2. The molecule has 0 amide bonds. The van der Waals surface area contributed by atoms with Gasteiger partial charge in [0.15, 0.2) is 23.7 Å². The Labute approximate surface area is 117 Å². The number of ketones is 1. The lowest BCUT2D eigenvalue weighted by Crippen LogP contribution is -2.49. The second kappa shape index (κ2) is 4.68. The van der Waals surface area contributed by atoms with Gasteiger partial charge in [-0.25, -0.2) is 4.98 Å². The highest BCUT2D eigenvalue weighted by Gasteiger charge is 2.62. The summed E-state index contributed by atoms with van der Waals surface area (Å²) in [4.78, 5) is 16.6. The Balaban J connectivity index is 2.09. The van der Waals surface area contributed by atoms with Gasteiger partial charge in [-0.05, 0) is 19.9 Å². The first-order valence-electron chi connectivity index (χ1n) is 6.68. The van der Waals surface area contributed by atoms with Crippen LogP contribution in [-0.2, 0) is 14.3 Å². The molecule has 1 aliphatic heterocycles. The van der Waals surface area contributed by atoms with E-state index in [1.165, 1.54) is 6.39 Å². The number of hydrogen-bond acceptors (Lipinski definition) is 5. The number of carbonyl (C=O) groups is 1. The van der Waals surface area contributed by atoms with E-state index in [-0.39, 0.29) is 5.78 Å². The van der Waals surface area contributed by atoms with E-state index in [1.54, 1.807) is 18.3 Å². The predicted octanol–water partition coefficient (Wildman–Crippen LogP) is 2.36. The molecule has 1 aromatic rings. The zero-order chi connectivity index (χ0) is 14.2. The molecule has 5 nitrogen and oxygen atoms in total. The van der Waals surface area contributed by atoms with E-state index in [2.05, 4.69) is 4.98 Å². The van der Waals surface area contributed by atoms with Gasteiger partial charge in [0.2, 0.25) is 0 Å². The lowest BCUT2D eigenvalue weighted by molar-refractivity contribution is -0.203. The molecule has 1 saturated heterocycles. The summed E-state index contributed by atoms with van der Waals surface area (Å²) >= 11 is 0. The first-order chi connectivity index (χ1) is 9.64. The number of nitrogens with zero attached hydrogens (tertiary/aromatic N) is 1. The van der Waals surface area contributed by atoms with E-state index in [4.69, 9.17) is 13.9 Å². The number of ether oxygens (including phenoxy) is 2. The molecule has 1 aromatic heterocycles. The Morgan fingerprint density at radius 2 is 2.15 bits per heavy atom. The number of rotatable bonds is 3. The minimum atomic E-state index is -0.925. The van der Waals surface area contributed by atoms with Crippen molar-refractivity contribution in [2.24, 2.45) is 5.41 Å². The molecular formula is C15H17NO4. The van der Waals surface area contributed by atoms with E-state index in [1.807, 2.05) is 19.9 Å². The highest BCUT2D eigenvalue weighted by molar-refractivity contribution is 6.05. The molecule has 106 valence electrons. The minimum Gasteiger partial charge on any atom is -0.444 e. The topological polar surface area (TPSA) is 61.6 Å². The SMILES string of the molecule is CC=CC(=O)[C@@]1(C)C(c2cnco2)=CCC12OCCO2. The molecule has 2 aliphatic rings. The monoisotopic (exact) mass is 275 g/mol. The maximum atomic E-state index is 12.7. The van der Waals surface area contributed by atoms with Crippen LogP contribution in [-0.4, -0.2) is 29.8 Å². The third-order valence-corrected chi connectivity index (χ3v) is 4.14. The summed E-state index contributed by atoms with van der Waals surface area (Å²) in [7, 11) is 0. The van der Waals surface area contributed by atoms with Crippen LogP contribution in [0.4, 0.5) is 0 Å². The molecule has 0 aromatic carbocycles. The number of oxazole rings is 1. The maximum absolute atomic E-state index is 12.7. The van der Waals surface area contributed by atoms with Gasteiger partial charge in [-0.15, -0.1) is 0 Å². The highest BCUT2D eigenvalue weighted by atomic mass is 16.7. The van der Waals surface area contributed by atoms with E-state index < -0.39 is 11.2 Å². The van der Waals surface area contributed by atoms with Gasteiger partial charge in [-0.2, -0.15) is 0 Å². The van der Waals surface area contributed by atoms with E-state index in [9.17, 15) is 4.79 Å². The smallest absolute Gasteiger partial charge is 0.188 e. The van der Waals surface area contributed by atoms with Gasteiger partial charge < -0.3 is 13.9 Å². The minimum absolute atomic E-state index is 0.0537. The average Bonchev–Trinajstić information content (AvgIpc) is 3.14. The second-order valence-corrected chi connectivity index (χ2v) is 5.13. The van der Waals surface area contributed by atoms with Crippen LogP contribution in [0.25, 0.3) is 5.57 Å². The Kier molecular flexibility index (Phi) is 3.11. The third-order valence-electron chi connectivity index (χ3n) is 4.14. The molecule has 1 fully saturated rings. The van der Waals surface area contributed by atoms with Crippen molar-refractivity contribution in [2.75, 3.05) is 13.2 Å². The van der Waals surface area contributed by atoms with Gasteiger partial charge in [0.05, 0.1) is 19.4 Å². The fourth-order valence-corrected chi connectivity index (χ4v) is 3.05. The molecule has 0 bridgehead atoms. The van der Waals surface area contributed by atoms with Gasteiger partial charge in [0.1, 0.15) is 5.41 Å². The van der Waals surface area contributed by atoms with Crippen molar-refractivity contribution in [1.29, 1.82) is 0 Å². The largest absolute Gasteiger partial charge is 0.444 e. The zero-order valence-corrected chi connectivity index (χ0v) is 11.6. The Morgan fingerprint density at radius 1 is 1.40 bits per heavy atom. The molecule has 20 heavy (non-hydrogen) atoms. The molecule has 0 unspecified atom stereocenters. The van der Waals surface area contributed by atoms with Crippen LogP contribution >= 0.6 is 0 Å². The van der Waals surface area contributed by atoms with Gasteiger partial charge in [0, 0.05) is 12.0 Å². The van der Waals surface area contributed by atoms with E-state index >= 15 is 0 Å². The quantitative estimate of drug-likeness (QED) is 0.792. The summed E-state index contributed by atoms with van der Waals surface area (Å²) in [5, 5.41) is 0. The average molecular weight is 275 g/mol. The fourth-order valence-electron chi connectivity index (χ4n) is 3.05. The molecule has 3 rings (SSSR count). The van der Waals surface area contributed by atoms with Crippen molar-refractivity contribution in [3.63, 3.8) is 0 Å². The lowest BCUT2D eigenvalue weighted by atomic mass is 9.73. The molecule has 0 radical (unpaired) electrons. The van der Waals surface area contributed by atoms with Crippen molar-refractivity contribution in [2.45, 2.75) is 26.1 Å². The Morgan fingerprint density at radius 3 is 2.75 bits per heavy atom. The van der Waals surface area contributed by atoms with Crippen molar-refractivity contribution in [1.82, 2.24) is 4.98 Å². The van der Waals surface area contributed by atoms with Crippen molar-refractivity contribution in [3.05, 3.63) is 36.6 Å². The fraction of sp³-hybridized carbons (Fsp3) is 0.467. The summed E-state index contributed by atoms with van der Waals surface area (Å²) < 4.78 is 17.0. The van der Waals surface area contributed by atoms with Crippen molar-refractivity contribution < 1.29 is 18.7 Å². The molecule has 1 atom stereocenters. The van der Waals surface area contributed by atoms with Crippen LogP contribution in [0.3, 0.4) is 0 Å². The van der Waals surface area contributed by atoms with Crippen LogP contribution in [0.1, 0.15) is 26.0 Å². The molecule has 0 N–H and O–H groups in total. The number of aromatic nitrogens is 1. The first-order valence-corrected chi connectivity index (χ1v) is 6.68. The van der Waals surface area contributed by atoms with Crippen LogP contribution < -0.4 is 0 Å². The predicted molar refractivity (Wildman–Crippen MR) is 71.7 cm³/mol. The van der Waals surface area contributed by atoms with Crippen LogP contribution in [0, 0.1) is 5.41 Å². The summed E-state index contributed by atoms with van der Waals surface area (Å²) in [6.07, 6.45) is 8.74. The maximum Gasteiger partial charge on any atom is 0.188 e. The molecule has 1 aliphatic carbocycles. The van der Waals surface area contributed by atoms with Crippen molar-refractivity contribution in [3.8, 4) is 0 Å². The van der Waals surface area contributed by atoms with Gasteiger partial charge in [0.25, 0.3) is 0 Å². The van der Waals surface area contributed by atoms with Crippen LogP contribution in [0.5, 0.6) is 0 Å². The third kappa shape index (κ3) is 1.63. The van der Waals surface area contributed by atoms with Gasteiger partial charge >= 0.3 is 0 Å². The Bertz CT molecular complexity index is 567. The number of hydrogen-bond donors (Lipinski definition) is 0. The molecule has 1 spiro atoms. The van der Waals surface area contributed by atoms with Crippen LogP contribution in [0.2, 0.25) is 0 Å². The van der Waals surface area contributed by atoms with E-state index in [0.717, 1.165) is 5.57 Å². The first kappa shape index (κ1) is 13.3. The lowest BCUT2D eigenvalue weighted by Gasteiger charge is -2.38. The normalized spacial score (nSPS) is 28.4. The second-order valence-electron chi connectivity index (χ2n) is 5.13. The summed E-state index contributed by atoms with van der Waals surface area (Å²) in [5.41, 5.74) is -0.143. The Hall–Kier alpha value is -1.72. The van der Waals surface area contributed by atoms with Crippen molar-refractivity contribution >= 4 is 11.4 Å². The van der Waals surface area contributed by atoms with Crippen LogP contribution in [0.15, 0.2) is 35.2 Å². The van der Waals surface area contributed by atoms with E-state index in [0.29, 0.717) is 25.4 Å². The van der Waals surface area contributed by atoms with Gasteiger partial charge in [-0.1, -0.05) is 12.2 Å².